The molecule has 23 heavy (non-hydrogen) atoms. The summed E-state index contributed by atoms with van der Waals surface area (Å²) in [6.45, 7) is -0.976. The van der Waals surface area contributed by atoms with E-state index in [1.807, 2.05) is 6.92 Å². The molecule has 4 nitrogen and oxygen atoms in total. The minimum absolute atomic E-state index is 0.0455. The molecular formula is C17H23F2NO3. The molecule has 0 aliphatic heterocycles. The lowest BCUT2D eigenvalue weighted by Gasteiger charge is -2.31. The molecule has 1 amide bonds. The lowest BCUT2D eigenvalue weighted by Crippen LogP contribution is -2.38. The van der Waals surface area contributed by atoms with Crippen molar-refractivity contribution in [1.29, 1.82) is 0 Å². The lowest BCUT2D eigenvalue weighted by atomic mass is 9.82. The van der Waals surface area contributed by atoms with E-state index in [4.69, 9.17) is 0 Å². The SMILES string of the molecule is Cc1ccc(OC(F)F)c(CNC(=O)CC2(O)CCCCC2)c1. The maximum Gasteiger partial charge on any atom is 0.387 e. The molecule has 1 aliphatic carbocycles. The largest absolute Gasteiger partial charge is 0.434 e. The molecule has 0 spiro atoms. The molecule has 0 aromatic heterocycles. The van der Waals surface area contributed by atoms with Crippen LogP contribution in [0.1, 0.15) is 49.7 Å². The Labute approximate surface area is 134 Å². The van der Waals surface area contributed by atoms with Gasteiger partial charge in [-0.1, -0.05) is 37.0 Å². The van der Waals surface area contributed by atoms with Crippen LogP contribution in [-0.2, 0) is 11.3 Å². The first-order chi connectivity index (χ1) is 10.9. The normalized spacial score (nSPS) is 17.1. The number of ether oxygens (including phenoxy) is 1. The fraction of sp³-hybridized carbons (Fsp3) is 0.588. The van der Waals surface area contributed by atoms with Crippen molar-refractivity contribution in [2.45, 2.75) is 64.2 Å². The fourth-order valence-corrected chi connectivity index (χ4v) is 3.00. The molecule has 1 saturated carbocycles. The molecule has 1 aromatic carbocycles. The fourth-order valence-electron chi connectivity index (χ4n) is 3.00. The first kappa shape index (κ1) is 17.7. The van der Waals surface area contributed by atoms with E-state index >= 15 is 0 Å². The molecule has 2 N–H and O–H groups in total. The molecule has 1 aliphatic rings. The highest BCUT2D eigenvalue weighted by Gasteiger charge is 2.31. The monoisotopic (exact) mass is 327 g/mol. The van der Waals surface area contributed by atoms with Crippen LogP contribution >= 0.6 is 0 Å². The van der Waals surface area contributed by atoms with E-state index in [9.17, 15) is 18.7 Å². The third-order valence-corrected chi connectivity index (χ3v) is 4.18. The molecule has 128 valence electrons. The van der Waals surface area contributed by atoms with Crippen LogP contribution in [0.15, 0.2) is 18.2 Å². The van der Waals surface area contributed by atoms with Gasteiger partial charge in [-0.05, 0) is 25.8 Å². The Morgan fingerprint density at radius 2 is 2.04 bits per heavy atom. The van der Waals surface area contributed by atoms with Gasteiger partial charge in [-0.2, -0.15) is 8.78 Å². The number of aryl methyl sites for hydroxylation is 1. The van der Waals surface area contributed by atoms with Gasteiger partial charge in [-0.3, -0.25) is 4.79 Å². The predicted molar refractivity (Wildman–Crippen MR) is 82.3 cm³/mol. The van der Waals surface area contributed by atoms with Crippen molar-refractivity contribution in [3.05, 3.63) is 29.3 Å². The average molecular weight is 327 g/mol. The Hall–Kier alpha value is -1.69. The molecular weight excluding hydrogens is 304 g/mol. The summed E-state index contributed by atoms with van der Waals surface area (Å²) in [4.78, 5) is 12.0. The Balaban J connectivity index is 1.94. The number of aliphatic hydroxyl groups is 1. The second-order valence-electron chi connectivity index (χ2n) is 6.23. The van der Waals surface area contributed by atoms with Crippen LogP contribution in [0.3, 0.4) is 0 Å². The summed E-state index contributed by atoms with van der Waals surface area (Å²) in [5.41, 5.74) is 0.452. The van der Waals surface area contributed by atoms with Gasteiger partial charge in [-0.15, -0.1) is 0 Å². The number of hydrogen-bond donors (Lipinski definition) is 2. The van der Waals surface area contributed by atoms with Crippen LogP contribution in [0.4, 0.5) is 8.78 Å². The van der Waals surface area contributed by atoms with Crippen molar-refractivity contribution in [1.82, 2.24) is 5.32 Å². The van der Waals surface area contributed by atoms with E-state index in [2.05, 4.69) is 10.1 Å². The highest BCUT2D eigenvalue weighted by molar-refractivity contribution is 5.77. The summed E-state index contributed by atoms with van der Waals surface area (Å²) >= 11 is 0. The highest BCUT2D eigenvalue weighted by Crippen LogP contribution is 2.30. The molecule has 0 bridgehead atoms. The smallest absolute Gasteiger partial charge is 0.387 e. The maximum atomic E-state index is 12.4. The van der Waals surface area contributed by atoms with Crippen LogP contribution in [0.25, 0.3) is 0 Å². The minimum Gasteiger partial charge on any atom is -0.434 e. The summed E-state index contributed by atoms with van der Waals surface area (Å²) in [5.74, 6) is -0.221. The van der Waals surface area contributed by atoms with E-state index in [0.717, 1.165) is 24.8 Å². The topological polar surface area (TPSA) is 58.6 Å². The Bertz CT molecular complexity index is 543. The number of nitrogens with one attached hydrogen (secondary N) is 1. The molecule has 6 heteroatoms. The predicted octanol–water partition coefficient (Wildman–Crippen LogP) is 3.30. The van der Waals surface area contributed by atoms with Crippen molar-refractivity contribution >= 4 is 5.91 Å². The number of carbonyl (C=O) groups is 1. The van der Waals surface area contributed by atoms with Crippen molar-refractivity contribution in [3.8, 4) is 5.75 Å². The van der Waals surface area contributed by atoms with Crippen LogP contribution in [0, 0.1) is 6.92 Å². The quantitative estimate of drug-likeness (QED) is 0.843. The maximum absolute atomic E-state index is 12.4. The van der Waals surface area contributed by atoms with Crippen LogP contribution in [0.2, 0.25) is 0 Å². The van der Waals surface area contributed by atoms with Gasteiger partial charge in [-0.25, -0.2) is 0 Å². The van der Waals surface area contributed by atoms with E-state index in [1.54, 1.807) is 12.1 Å². The number of carbonyl (C=O) groups excluding carboxylic acids is 1. The number of amides is 1. The zero-order chi connectivity index (χ0) is 16.9. The van der Waals surface area contributed by atoms with Gasteiger partial charge >= 0.3 is 6.61 Å². The molecule has 1 fully saturated rings. The molecule has 2 rings (SSSR count). The van der Waals surface area contributed by atoms with E-state index in [-0.39, 0.29) is 24.6 Å². The minimum atomic E-state index is -2.91. The second-order valence-corrected chi connectivity index (χ2v) is 6.23. The summed E-state index contributed by atoms with van der Waals surface area (Å²) < 4.78 is 29.3. The molecule has 0 atom stereocenters. The van der Waals surface area contributed by atoms with Gasteiger partial charge in [0.25, 0.3) is 0 Å². The molecule has 0 heterocycles. The molecule has 0 unspecified atom stereocenters. The lowest BCUT2D eigenvalue weighted by molar-refractivity contribution is -0.127. The summed E-state index contributed by atoms with van der Waals surface area (Å²) in [6, 6.07) is 4.85. The number of benzene rings is 1. The Morgan fingerprint density at radius 3 is 2.70 bits per heavy atom. The number of halogens is 2. The highest BCUT2D eigenvalue weighted by atomic mass is 19.3. The number of rotatable bonds is 6. The average Bonchev–Trinajstić information content (AvgIpc) is 2.47. The summed E-state index contributed by atoms with van der Waals surface area (Å²) in [7, 11) is 0. The van der Waals surface area contributed by atoms with Crippen molar-refractivity contribution < 1.29 is 23.4 Å². The standard InChI is InChI=1S/C17H23F2NO3/c1-12-5-6-14(23-16(18)19)13(9-12)11-20-15(21)10-17(22)7-3-2-4-8-17/h5-6,9,16,22H,2-4,7-8,10-11H2,1H3,(H,20,21). The third kappa shape index (κ3) is 5.46. The number of alkyl halides is 2. The third-order valence-electron chi connectivity index (χ3n) is 4.18. The zero-order valence-corrected chi connectivity index (χ0v) is 13.3. The van der Waals surface area contributed by atoms with E-state index < -0.39 is 12.2 Å². The van der Waals surface area contributed by atoms with E-state index in [0.29, 0.717) is 18.4 Å². The van der Waals surface area contributed by atoms with Gasteiger partial charge in [0.1, 0.15) is 5.75 Å². The number of hydrogen-bond acceptors (Lipinski definition) is 3. The van der Waals surface area contributed by atoms with Gasteiger partial charge in [0.15, 0.2) is 0 Å². The van der Waals surface area contributed by atoms with Crippen molar-refractivity contribution in [3.63, 3.8) is 0 Å². The van der Waals surface area contributed by atoms with Crippen molar-refractivity contribution in [2.24, 2.45) is 0 Å². The van der Waals surface area contributed by atoms with Gasteiger partial charge in [0.2, 0.25) is 5.91 Å². The summed E-state index contributed by atoms with van der Waals surface area (Å²) in [5, 5.41) is 13.1. The van der Waals surface area contributed by atoms with Gasteiger partial charge in [0, 0.05) is 12.1 Å². The Morgan fingerprint density at radius 1 is 1.35 bits per heavy atom. The first-order valence-corrected chi connectivity index (χ1v) is 7.91. The zero-order valence-electron chi connectivity index (χ0n) is 13.3. The molecule has 1 aromatic rings. The van der Waals surface area contributed by atoms with Crippen LogP contribution in [-0.4, -0.2) is 23.2 Å². The summed E-state index contributed by atoms with van der Waals surface area (Å²) in [6.07, 6.45) is 4.24. The van der Waals surface area contributed by atoms with Gasteiger partial charge in [0.05, 0.1) is 12.0 Å². The molecule has 0 radical (unpaired) electrons. The van der Waals surface area contributed by atoms with E-state index in [1.165, 1.54) is 6.07 Å². The Kier molecular flexibility index (Phi) is 5.93. The second kappa shape index (κ2) is 7.73. The van der Waals surface area contributed by atoms with Crippen LogP contribution < -0.4 is 10.1 Å². The van der Waals surface area contributed by atoms with Crippen LogP contribution in [0.5, 0.6) is 5.75 Å². The first-order valence-electron chi connectivity index (χ1n) is 7.91. The molecule has 0 saturated heterocycles. The van der Waals surface area contributed by atoms with Crippen molar-refractivity contribution in [2.75, 3.05) is 0 Å². The van der Waals surface area contributed by atoms with Gasteiger partial charge < -0.3 is 15.2 Å².